The predicted octanol–water partition coefficient (Wildman–Crippen LogP) is 0.636. The average Bonchev–Trinajstić information content (AvgIpc) is 2.86. The highest BCUT2D eigenvalue weighted by molar-refractivity contribution is 5.00. The summed E-state index contributed by atoms with van der Waals surface area (Å²) in [6, 6.07) is 0. The molecule has 2 unspecified atom stereocenters. The van der Waals surface area contributed by atoms with Crippen LogP contribution in [0.3, 0.4) is 0 Å². The summed E-state index contributed by atoms with van der Waals surface area (Å²) in [5.74, 6) is 1.84. The molecule has 2 rings (SSSR count). The molecule has 1 aliphatic rings. The second-order valence-corrected chi connectivity index (χ2v) is 3.69. The van der Waals surface area contributed by atoms with Gasteiger partial charge in [-0.1, -0.05) is 12.1 Å². The number of ether oxygens (including phenoxy) is 1. The number of nitrogens with two attached hydrogens (primary N) is 1. The molecule has 1 aromatic heterocycles. The van der Waals surface area contributed by atoms with Crippen molar-refractivity contribution >= 4 is 0 Å². The minimum atomic E-state index is 0.138. The average molecular weight is 197 g/mol. The second kappa shape index (κ2) is 4.06. The summed E-state index contributed by atoms with van der Waals surface area (Å²) in [6.07, 6.45) is 0.982. The Hall–Kier alpha value is -0.940. The zero-order chi connectivity index (χ0) is 9.97. The van der Waals surface area contributed by atoms with E-state index in [2.05, 4.69) is 10.1 Å². The van der Waals surface area contributed by atoms with Crippen LogP contribution in [0.2, 0.25) is 0 Å². The molecule has 1 saturated heterocycles. The van der Waals surface area contributed by atoms with Gasteiger partial charge in [0.15, 0.2) is 5.82 Å². The maximum absolute atomic E-state index is 5.51. The molecule has 0 aromatic carbocycles. The minimum absolute atomic E-state index is 0.138. The van der Waals surface area contributed by atoms with Gasteiger partial charge in [0.05, 0.1) is 6.61 Å². The molecule has 0 aliphatic carbocycles. The lowest BCUT2D eigenvalue weighted by atomic mass is 10.1. The highest BCUT2D eigenvalue weighted by Gasteiger charge is 2.24. The monoisotopic (exact) mass is 197 g/mol. The molecule has 5 heteroatoms. The van der Waals surface area contributed by atoms with Crippen molar-refractivity contribution in [3.8, 4) is 0 Å². The van der Waals surface area contributed by atoms with E-state index in [-0.39, 0.29) is 5.92 Å². The van der Waals surface area contributed by atoms with Gasteiger partial charge in [-0.25, -0.2) is 0 Å². The molecular formula is C9H15N3O2. The van der Waals surface area contributed by atoms with Gasteiger partial charge in [-0.2, -0.15) is 4.98 Å². The van der Waals surface area contributed by atoms with E-state index < -0.39 is 0 Å². The molecule has 0 spiro atoms. The number of aromatic nitrogens is 2. The van der Waals surface area contributed by atoms with Gasteiger partial charge in [0.1, 0.15) is 0 Å². The smallest absolute Gasteiger partial charge is 0.230 e. The van der Waals surface area contributed by atoms with E-state index in [1.165, 1.54) is 0 Å². The summed E-state index contributed by atoms with van der Waals surface area (Å²) in [4.78, 5) is 4.33. The fourth-order valence-electron chi connectivity index (χ4n) is 1.45. The van der Waals surface area contributed by atoms with Crippen LogP contribution in [0.4, 0.5) is 0 Å². The fourth-order valence-corrected chi connectivity index (χ4v) is 1.45. The summed E-state index contributed by atoms with van der Waals surface area (Å²) in [5.41, 5.74) is 5.51. The number of hydrogen-bond acceptors (Lipinski definition) is 5. The van der Waals surface area contributed by atoms with Crippen molar-refractivity contribution in [2.45, 2.75) is 25.2 Å². The van der Waals surface area contributed by atoms with Crippen LogP contribution < -0.4 is 5.73 Å². The molecule has 5 nitrogen and oxygen atoms in total. The number of nitrogens with zero attached hydrogens (tertiary/aromatic N) is 2. The van der Waals surface area contributed by atoms with Gasteiger partial charge in [-0.3, -0.25) is 0 Å². The Bertz CT molecular complexity index is 294. The van der Waals surface area contributed by atoms with Crippen LogP contribution >= 0.6 is 0 Å². The lowest BCUT2D eigenvalue weighted by molar-refractivity contribution is 0.192. The molecule has 2 heterocycles. The quantitative estimate of drug-likeness (QED) is 0.769. The van der Waals surface area contributed by atoms with E-state index in [0.29, 0.717) is 25.0 Å². The first kappa shape index (κ1) is 9.61. The maximum Gasteiger partial charge on any atom is 0.230 e. The molecule has 0 radical (unpaired) electrons. The lowest BCUT2D eigenvalue weighted by Gasteiger charge is -2.00. The van der Waals surface area contributed by atoms with Gasteiger partial charge in [0.25, 0.3) is 0 Å². The van der Waals surface area contributed by atoms with Crippen LogP contribution in [0.5, 0.6) is 0 Å². The van der Waals surface area contributed by atoms with Crippen LogP contribution in [-0.4, -0.2) is 29.9 Å². The van der Waals surface area contributed by atoms with Crippen molar-refractivity contribution in [2.24, 2.45) is 5.73 Å². The summed E-state index contributed by atoms with van der Waals surface area (Å²) < 4.78 is 10.4. The van der Waals surface area contributed by atoms with E-state index in [1.807, 2.05) is 6.92 Å². The first-order valence-electron chi connectivity index (χ1n) is 4.92. The Morgan fingerprint density at radius 2 is 2.50 bits per heavy atom. The number of rotatable bonds is 3. The molecule has 2 N–H and O–H groups in total. The Morgan fingerprint density at radius 3 is 3.14 bits per heavy atom. The van der Waals surface area contributed by atoms with Crippen molar-refractivity contribution in [1.82, 2.24) is 10.1 Å². The first-order valence-corrected chi connectivity index (χ1v) is 4.92. The van der Waals surface area contributed by atoms with Crippen molar-refractivity contribution in [3.05, 3.63) is 11.7 Å². The Labute approximate surface area is 82.6 Å². The van der Waals surface area contributed by atoms with Crippen LogP contribution in [0.1, 0.15) is 36.9 Å². The number of hydrogen-bond donors (Lipinski definition) is 1. The normalized spacial score (nSPS) is 24.0. The van der Waals surface area contributed by atoms with Crippen molar-refractivity contribution in [2.75, 3.05) is 19.8 Å². The van der Waals surface area contributed by atoms with Crippen LogP contribution in [-0.2, 0) is 4.74 Å². The Balaban J connectivity index is 2.08. The van der Waals surface area contributed by atoms with E-state index in [9.17, 15) is 0 Å². The fraction of sp³-hybridized carbons (Fsp3) is 0.778. The molecule has 1 fully saturated rings. The minimum Gasteiger partial charge on any atom is -0.381 e. The van der Waals surface area contributed by atoms with E-state index in [0.717, 1.165) is 18.9 Å². The molecule has 78 valence electrons. The molecule has 0 bridgehead atoms. The maximum atomic E-state index is 5.51. The topological polar surface area (TPSA) is 74.2 Å². The Morgan fingerprint density at radius 1 is 1.64 bits per heavy atom. The van der Waals surface area contributed by atoms with Gasteiger partial charge in [0, 0.05) is 25.0 Å². The van der Waals surface area contributed by atoms with Gasteiger partial charge in [-0.15, -0.1) is 0 Å². The van der Waals surface area contributed by atoms with Crippen molar-refractivity contribution in [1.29, 1.82) is 0 Å². The molecule has 2 atom stereocenters. The van der Waals surface area contributed by atoms with E-state index in [1.54, 1.807) is 0 Å². The molecule has 0 saturated carbocycles. The van der Waals surface area contributed by atoms with Crippen molar-refractivity contribution in [3.63, 3.8) is 0 Å². The molecule has 1 aromatic rings. The van der Waals surface area contributed by atoms with Crippen molar-refractivity contribution < 1.29 is 9.26 Å². The van der Waals surface area contributed by atoms with Gasteiger partial charge >= 0.3 is 0 Å². The van der Waals surface area contributed by atoms with E-state index >= 15 is 0 Å². The van der Waals surface area contributed by atoms with Gasteiger partial charge in [0.2, 0.25) is 5.89 Å². The molecule has 1 aliphatic heterocycles. The molecule has 14 heavy (non-hydrogen) atoms. The van der Waals surface area contributed by atoms with E-state index in [4.69, 9.17) is 15.0 Å². The third-order valence-electron chi connectivity index (χ3n) is 2.53. The lowest BCUT2D eigenvalue weighted by Crippen LogP contribution is -2.09. The van der Waals surface area contributed by atoms with Crippen LogP contribution in [0.25, 0.3) is 0 Å². The first-order chi connectivity index (χ1) is 6.81. The standard InChI is InChI=1S/C9H15N3O2/c1-6(4-10)9-11-8(12-14-9)7-2-3-13-5-7/h6-7H,2-5,10H2,1H3. The zero-order valence-electron chi connectivity index (χ0n) is 8.27. The molecule has 0 amide bonds. The molecular weight excluding hydrogens is 182 g/mol. The highest BCUT2D eigenvalue weighted by Crippen LogP contribution is 2.23. The van der Waals surface area contributed by atoms with Crippen LogP contribution in [0, 0.1) is 0 Å². The second-order valence-electron chi connectivity index (χ2n) is 3.69. The van der Waals surface area contributed by atoms with Gasteiger partial charge in [-0.05, 0) is 6.42 Å². The highest BCUT2D eigenvalue weighted by atomic mass is 16.5. The summed E-state index contributed by atoms with van der Waals surface area (Å²) >= 11 is 0. The zero-order valence-corrected chi connectivity index (χ0v) is 8.27. The van der Waals surface area contributed by atoms with Gasteiger partial charge < -0.3 is 15.0 Å². The predicted molar refractivity (Wildman–Crippen MR) is 49.9 cm³/mol. The summed E-state index contributed by atoms with van der Waals surface area (Å²) in [7, 11) is 0. The third-order valence-corrected chi connectivity index (χ3v) is 2.53. The summed E-state index contributed by atoms with van der Waals surface area (Å²) in [6.45, 7) is 4.00. The summed E-state index contributed by atoms with van der Waals surface area (Å²) in [5, 5.41) is 3.95. The van der Waals surface area contributed by atoms with Crippen LogP contribution in [0.15, 0.2) is 4.52 Å². The Kier molecular flexibility index (Phi) is 2.79. The largest absolute Gasteiger partial charge is 0.381 e. The third kappa shape index (κ3) is 1.78. The SMILES string of the molecule is CC(CN)c1nc(C2CCOC2)no1.